The monoisotopic (exact) mass is 287 g/mol. The number of aliphatic hydroxyl groups is 1. The third kappa shape index (κ3) is 2.13. The topological polar surface area (TPSA) is 64.1 Å². The molecule has 4 nitrogen and oxygen atoms in total. The van der Waals surface area contributed by atoms with Crippen molar-refractivity contribution in [2.24, 2.45) is 0 Å². The van der Waals surface area contributed by atoms with E-state index in [9.17, 15) is 5.11 Å². The van der Waals surface area contributed by atoms with Gasteiger partial charge in [0.05, 0.1) is 17.6 Å². The molecule has 0 bridgehead atoms. The van der Waals surface area contributed by atoms with Crippen LogP contribution in [-0.2, 0) is 6.54 Å². The van der Waals surface area contributed by atoms with Crippen LogP contribution in [0.3, 0.4) is 0 Å². The number of nitrogen functional groups attached to an aromatic ring is 1. The Bertz CT molecular complexity index is 767. The normalized spacial score (nSPS) is 11.1. The molecule has 3 aromatic rings. The number of aromatic nitrogens is 2. The summed E-state index contributed by atoms with van der Waals surface area (Å²) in [5.41, 5.74) is 9.27. The second kappa shape index (κ2) is 5.15. The number of nitrogens with two attached hydrogens (primary N) is 1. The number of rotatable bonds is 3. The molecule has 0 atom stereocenters. The molecule has 0 aliphatic heterocycles. The van der Waals surface area contributed by atoms with E-state index in [1.165, 1.54) is 0 Å². The zero-order valence-corrected chi connectivity index (χ0v) is 11.5. The molecule has 0 spiro atoms. The Labute approximate surface area is 121 Å². The number of halogens is 1. The molecule has 0 unspecified atom stereocenters. The fraction of sp³-hybridized carbons (Fsp3) is 0.133. The molecule has 0 fully saturated rings. The first-order valence-electron chi connectivity index (χ1n) is 6.32. The smallest absolute Gasteiger partial charge is 0.143 e. The quantitative estimate of drug-likeness (QED) is 0.728. The van der Waals surface area contributed by atoms with Gasteiger partial charge in [-0.25, -0.2) is 4.98 Å². The lowest BCUT2D eigenvalue weighted by Gasteiger charge is -2.09. The lowest BCUT2D eigenvalue weighted by Crippen LogP contribution is -2.05. The fourth-order valence-corrected chi connectivity index (χ4v) is 2.50. The Morgan fingerprint density at radius 1 is 1.20 bits per heavy atom. The zero-order valence-electron chi connectivity index (χ0n) is 10.8. The highest BCUT2D eigenvalue weighted by atomic mass is 35.5. The van der Waals surface area contributed by atoms with Crippen molar-refractivity contribution in [1.82, 2.24) is 9.55 Å². The number of para-hydroxylation sites is 2. The number of imidazole rings is 1. The number of hydrogen-bond donors (Lipinski definition) is 2. The van der Waals surface area contributed by atoms with Gasteiger partial charge in [0.25, 0.3) is 0 Å². The first-order valence-corrected chi connectivity index (χ1v) is 6.70. The fourth-order valence-electron chi connectivity index (χ4n) is 2.33. The van der Waals surface area contributed by atoms with Gasteiger partial charge in [-0.15, -0.1) is 0 Å². The van der Waals surface area contributed by atoms with Crippen molar-refractivity contribution in [2.75, 3.05) is 12.3 Å². The number of aliphatic hydroxyl groups excluding tert-OH is 1. The van der Waals surface area contributed by atoms with Crippen LogP contribution >= 0.6 is 11.6 Å². The molecule has 20 heavy (non-hydrogen) atoms. The predicted octanol–water partition coefficient (Wildman–Crippen LogP) is 2.93. The van der Waals surface area contributed by atoms with E-state index in [0.717, 1.165) is 22.4 Å². The molecule has 0 aliphatic rings. The summed E-state index contributed by atoms with van der Waals surface area (Å²) in [4.78, 5) is 4.62. The van der Waals surface area contributed by atoms with Crippen molar-refractivity contribution < 1.29 is 5.11 Å². The number of hydrogen-bond acceptors (Lipinski definition) is 3. The van der Waals surface area contributed by atoms with Gasteiger partial charge in [0.15, 0.2) is 0 Å². The van der Waals surface area contributed by atoms with Crippen molar-refractivity contribution >= 4 is 28.3 Å². The summed E-state index contributed by atoms with van der Waals surface area (Å²) < 4.78 is 1.96. The SMILES string of the molecule is Nc1ccc(Cl)cc1-c1nc2ccccc2n1CCO. The van der Waals surface area contributed by atoms with Gasteiger partial charge in [-0.3, -0.25) is 0 Å². The Kier molecular flexibility index (Phi) is 3.34. The second-order valence-corrected chi connectivity index (χ2v) is 4.97. The number of nitrogens with zero attached hydrogens (tertiary/aromatic N) is 2. The summed E-state index contributed by atoms with van der Waals surface area (Å²) in [7, 11) is 0. The Morgan fingerprint density at radius 3 is 2.80 bits per heavy atom. The van der Waals surface area contributed by atoms with Crippen molar-refractivity contribution in [3.8, 4) is 11.4 Å². The molecule has 102 valence electrons. The van der Waals surface area contributed by atoms with Gasteiger partial charge >= 0.3 is 0 Å². The molecule has 0 saturated carbocycles. The molecule has 1 heterocycles. The zero-order chi connectivity index (χ0) is 14.1. The molecule has 0 saturated heterocycles. The molecular formula is C15H14ClN3O. The van der Waals surface area contributed by atoms with E-state index in [0.29, 0.717) is 17.3 Å². The van der Waals surface area contributed by atoms with Gasteiger partial charge in [-0.1, -0.05) is 23.7 Å². The van der Waals surface area contributed by atoms with Gasteiger partial charge in [-0.2, -0.15) is 0 Å². The lowest BCUT2D eigenvalue weighted by atomic mass is 10.1. The van der Waals surface area contributed by atoms with E-state index < -0.39 is 0 Å². The first kappa shape index (κ1) is 13.0. The molecule has 2 aromatic carbocycles. The third-order valence-electron chi connectivity index (χ3n) is 3.23. The van der Waals surface area contributed by atoms with Gasteiger partial charge in [0, 0.05) is 22.8 Å². The van der Waals surface area contributed by atoms with Crippen LogP contribution in [0.4, 0.5) is 5.69 Å². The largest absolute Gasteiger partial charge is 0.398 e. The van der Waals surface area contributed by atoms with Crippen molar-refractivity contribution in [3.05, 3.63) is 47.5 Å². The van der Waals surface area contributed by atoms with E-state index in [-0.39, 0.29) is 6.61 Å². The van der Waals surface area contributed by atoms with Crippen molar-refractivity contribution in [2.45, 2.75) is 6.54 Å². The van der Waals surface area contributed by atoms with Crippen molar-refractivity contribution in [3.63, 3.8) is 0 Å². The van der Waals surface area contributed by atoms with Crippen LogP contribution in [0.2, 0.25) is 5.02 Å². The number of fused-ring (bicyclic) bond motifs is 1. The second-order valence-electron chi connectivity index (χ2n) is 4.53. The van der Waals surface area contributed by atoms with Crippen LogP contribution in [0.25, 0.3) is 22.4 Å². The lowest BCUT2D eigenvalue weighted by molar-refractivity contribution is 0.278. The van der Waals surface area contributed by atoms with Crippen LogP contribution in [0, 0.1) is 0 Å². The van der Waals surface area contributed by atoms with Crippen LogP contribution in [0.1, 0.15) is 0 Å². The van der Waals surface area contributed by atoms with E-state index in [4.69, 9.17) is 17.3 Å². The Balaban J connectivity index is 2.29. The van der Waals surface area contributed by atoms with Crippen LogP contribution in [-0.4, -0.2) is 21.3 Å². The van der Waals surface area contributed by atoms with Crippen molar-refractivity contribution in [1.29, 1.82) is 0 Å². The maximum atomic E-state index is 9.29. The Hall–Kier alpha value is -2.04. The van der Waals surface area contributed by atoms with Crippen LogP contribution < -0.4 is 5.73 Å². The highest BCUT2D eigenvalue weighted by molar-refractivity contribution is 6.31. The van der Waals surface area contributed by atoms with Gasteiger partial charge in [0.1, 0.15) is 5.82 Å². The predicted molar refractivity (Wildman–Crippen MR) is 81.7 cm³/mol. The van der Waals surface area contributed by atoms with E-state index in [2.05, 4.69) is 4.98 Å². The average molecular weight is 288 g/mol. The maximum absolute atomic E-state index is 9.29. The van der Waals surface area contributed by atoms with E-state index >= 15 is 0 Å². The highest BCUT2D eigenvalue weighted by Crippen LogP contribution is 2.30. The van der Waals surface area contributed by atoms with Gasteiger partial charge in [-0.05, 0) is 30.3 Å². The summed E-state index contributed by atoms with van der Waals surface area (Å²) in [6.45, 7) is 0.496. The summed E-state index contributed by atoms with van der Waals surface area (Å²) in [5.74, 6) is 0.722. The minimum absolute atomic E-state index is 0.0355. The van der Waals surface area contributed by atoms with E-state index in [1.54, 1.807) is 18.2 Å². The molecule has 0 aliphatic carbocycles. The third-order valence-corrected chi connectivity index (χ3v) is 3.47. The Morgan fingerprint density at radius 2 is 2.00 bits per heavy atom. The maximum Gasteiger partial charge on any atom is 0.143 e. The molecular weight excluding hydrogens is 274 g/mol. The average Bonchev–Trinajstić information content (AvgIpc) is 2.81. The van der Waals surface area contributed by atoms with Crippen LogP contribution in [0.15, 0.2) is 42.5 Å². The molecule has 0 amide bonds. The molecule has 1 aromatic heterocycles. The molecule has 0 radical (unpaired) electrons. The van der Waals surface area contributed by atoms with Gasteiger partial charge in [0.2, 0.25) is 0 Å². The van der Waals surface area contributed by atoms with Crippen LogP contribution in [0.5, 0.6) is 0 Å². The minimum atomic E-state index is 0.0355. The summed E-state index contributed by atoms with van der Waals surface area (Å²) in [6, 6.07) is 13.1. The summed E-state index contributed by atoms with van der Waals surface area (Å²) in [6.07, 6.45) is 0. The number of benzene rings is 2. The van der Waals surface area contributed by atoms with Gasteiger partial charge < -0.3 is 15.4 Å². The summed E-state index contributed by atoms with van der Waals surface area (Å²) >= 11 is 6.05. The molecule has 5 heteroatoms. The standard InChI is InChI=1S/C15H14ClN3O/c16-10-5-6-12(17)11(9-10)15-18-13-3-1-2-4-14(13)19(15)7-8-20/h1-6,9,20H,7-8,17H2. The first-order chi connectivity index (χ1) is 9.70. The summed E-state index contributed by atoms with van der Waals surface area (Å²) in [5, 5.41) is 9.89. The molecule has 3 N–H and O–H groups in total. The minimum Gasteiger partial charge on any atom is -0.398 e. The number of anilines is 1. The van der Waals surface area contributed by atoms with E-state index in [1.807, 2.05) is 28.8 Å². The highest BCUT2D eigenvalue weighted by Gasteiger charge is 2.14. The molecule has 3 rings (SSSR count).